The van der Waals surface area contributed by atoms with Gasteiger partial charge in [-0.1, -0.05) is 19.8 Å². The SMILES string of the molecule is CCCCc1ncc(CN2CCCCC2C(=O)Nc2ccc(-n3nc(C)cc3C)cc2)[nH]1. The lowest BCUT2D eigenvalue weighted by atomic mass is 10.0. The minimum absolute atomic E-state index is 0.0642. The Bertz CT molecular complexity index is 1040. The van der Waals surface area contributed by atoms with E-state index in [9.17, 15) is 4.79 Å². The molecule has 0 aliphatic carbocycles. The molecule has 170 valence electrons. The van der Waals surface area contributed by atoms with E-state index in [1.807, 2.05) is 49.0 Å². The second-order valence-electron chi connectivity index (χ2n) is 8.82. The van der Waals surface area contributed by atoms with E-state index in [0.717, 1.165) is 85.9 Å². The van der Waals surface area contributed by atoms with Gasteiger partial charge in [-0.25, -0.2) is 9.67 Å². The van der Waals surface area contributed by atoms with E-state index in [2.05, 4.69) is 38.3 Å². The smallest absolute Gasteiger partial charge is 0.241 e. The van der Waals surface area contributed by atoms with Crippen LogP contribution in [0.2, 0.25) is 0 Å². The van der Waals surface area contributed by atoms with Crippen LogP contribution < -0.4 is 5.32 Å². The third kappa shape index (κ3) is 5.27. The number of aromatic amines is 1. The zero-order valence-electron chi connectivity index (χ0n) is 19.4. The molecule has 1 aliphatic rings. The van der Waals surface area contributed by atoms with Gasteiger partial charge in [0.05, 0.1) is 17.4 Å². The number of rotatable bonds is 8. The van der Waals surface area contributed by atoms with Crippen molar-refractivity contribution in [2.45, 2.75) is 71.9 Å². The molecule has 0 radical (unpaired) electrons. The van der Waals surface area contributed by atoms with Crippen LogP contribution in [0, 0.1) is 13.8 Å². The van der Waals surface area contributed by atoms with Crippen LogP contribution in [0.1, 0.15) is 61.9 Å². The van der Waals surface area contributed by atoms with Crippen molar-refractivity contribution >= 4 is 11.6 Å². The number of likely N-dealkylation sites (tertiary alicyclic amines) is 1. The standard InChI is InChI=1S/C25H34N6O/c1-4-5-9-24-26-16-21(27-24)17-30-14-7-6-8-23(30)25(32)28-20-10-12-22(13-11-20)31-19(3)15-18(2)29-31/h10-13,15-16,23H,4-9,14,17H2,1-3H3,(H,26,27)(H,28,32). The Kier molecular flexibility index (Phi) is 7.05. The zero-order valence-corrected chi connectivity index (χ0v) is 19.4. The normalized spacial score (nSPS) is 16.9. The highest BCUT2D eigenvalue weighted by molar-refractivity contribution is 5.95. The molecule has 1 aromatic carbocycles. The molecule has 3 heterocycles. The van der Waals surface area contributed by atoms with E-state index in [4.69, 9.17) is 0 Å². The summed E-state index contributed by atoms with van der Waals surface area (Å²) in [6, 6.07) is 9.82. The number of carbonyl (C=O) groups is 1. The van der Waals surface area contributed by atoms with Gasteiger partial charge in [-0.3, -0.25) is 9.69 Å². The van der Waals surface area contributed by atoms with Crippen LogP contribution in [-0.2, 0) is 17.8 Å². The molecular formula is C25H34N6O. The predicted octanol–water partition coefficient (Wildman–Crippen LogP) is 4.55. The molecule has 7 heteroatoms. The van der Waals surface area contributed by atoms with Gasteiger partial charge in [-0.05, 0) is 70.0 Å². The summed E-state index contributed by atoms with van der Waals surface area (Å²) in [5.41, 5.74) is 4.98. The maximum absolute atomic E-state index is 13.1. The molecule has 1 saturated heterocycles. The number of amides is 1. The first-order valence-electron chi connectivity index (χ1n) is 11.7. The van der Waals surface area contributed by atoms with Gasteiger partial charge in [0.15, 0.2) is 0 Å². The number of nitrogens with zero attached hydrogens (tertiary/aromatic N) is 4. The third-order valence-corrected chi connectivity index (χ3v) is 6.13. The minimum Gasteiger partial charge on any atom is -0.345 e. The number of hydrogen-bond donors (Lipinski definition) is 2. The number of anilines is 1. The number of piperidine rings is 1. The molecule has 4 rings (SSSR count). The first kappa shape index (κ1) is 22.3. The Labute approximate surface area is 190 Å². The van der Waals surface area contributed by atoms with E-state index in [1.54, 1.807) is 0 Å². The van der Waals surface area contributed by atoms with Crippen LogP contribution in [0.15, 0.2) is 36.5 Å². The molecule has 0 spiro atoms. The summed E-state index contributed by atoms with van der Waals surface area (Å²) in [7, 11) is 0. The highest BCUT2D eigenvalue weighted by atomic mass is 16.2. The Morgan fingerprint density at radius 3 is 2.75 bits per heavy atom. The van der Waals surface area contributed by atoms with Crippen molar-refractivity contribution in [2.24, 2.45) is 0 Å². The van der Waals surface area contributed by atoms with Crippen molar-refractivity contribution in [3.8, 4) is 5.69 Å². The molecule has 2 aromatic heterocycles. The second-order valence-corrected chi connectivity index (χ2v) is 8.82. The fraction of sp³-hybridized carbons (Fsp3) is 0.480. The summed E-state index contributed by atoms with van der Waals surface area (Å²) in [5, 5.41) is 7.65. The van der Waals surface area contributed by atoms with Crippen molar-refractivity contribution in [3.63, 3.8) is 0 Å². The Morgan fingerprint density at radius 1 is 1.22 bits per heavy atom. The van der Waals surface area contributed by atoms with Crippen LogP contribution in [-0.4, -0.2) is 43.1 Å². The first-order chi connectivity index (χ1) is 15.5. The van der Waals surface area contributed by atoms with Crippen molar-refractivity contribution < 1.29 is 4.79 Å². The number of benzene rings is 1. The Hall–Kier alpha value is -2.93. The summed E-state index contributed by atoms with van der Waals surface area (Å²) < 4.78 is 1.92. The summed E-state index contributed by atoms with van der Waals surface area (Å²) in [6.07, 6.45) is 8.29. The van der Waals surface area contributed by atoms with Gasteiger partial charge in [-0.15, -0.1) is 0 Å². The lowest BCUT2D eigenvalue weighted by molar-refractivity contribution is -0.122. The van der Waals surface area contributed by atoms with Gasteiger partial charge in [-0.2, -0.15) is 5.10 Å². The Morgan fingerprint density at radius 2 is 2.03 bits per heavy atom. The average Bonchev–Trinajstić information content (AvgIpc) is 3.38. The number of imidazole rings is 1. The largest absolute Gasteiger partial charge is 0.345 e. The third-order valence-electron chi connectivity index (χ3n) is 6.13. The molecule has 32 heavy (non-hydrogen) atoms. The lowest BCUT2D eigenvalue weighted by Crippen LogP contribution is -2.46. The van der Waals surface area contributed by atoms with E-state index >= 15 is 0 Å². The first-order valence-corrected chi connectivity index (χ1v) is 11.7. The number of aromatic nitrogens is 4. The fourth-order valence-corrected chi connectivity index (χ4v) is 4.46. The highest BCUT2D eigenvalue weighted by Crippen LogP contribution is 2.22. The quantitative estimate of drug-likeness (QED) is 0.545. The monoisotopic (exact) mass is 434 g/mol. The maximum Gasteiger partial charge on any atom is 0.241 e. The summed E-state index contributed by atoms with van der Waals surface area (Å²) in [5.74, 6) is 1.11. The molecule has 3 aromatic rings. The van der Waals surface area contributed by atoms with Crippen molar-refractivity contribution in [2.75, 3.05) is 11.9 Å². The molecule has 0 saturated carbocycles. The molecule has 1 atom stereocenters. The van der Waals surface area contributed by atoms with Gasteiger partial charge >= 0.3 is 0 Å². The average molecular weight is 435 g/mol. The zero-order chi connectivity index (χ0) is 22.5. The Balaban J connectivity index is 1.39. The second kappa shape index (κ2) is 10.1. The summed E-state index contributed by atoms with van der Waals surface area (Å²) in [4.78, 5) is 23.4. The molecule has 1 unspecified atom stereocenters. The van der Waals surface area contributed by atoms with Crippen LogP contribution >= 0.6 is 0 Å². The maximum atomic E-state index is 13.1. The van der Waals surface area contributed by atoms with Gasteiger partial charge in [0.25, 0.3) is 0 Å². The topological polar surface area (TPSA) is 78.8 Å². The molecule has 1 fully saturated rings. The number of hydrogen-bond acceptors (Lipinski definition) is 4. The van der Waals surface area contributed by atoms with E-state index in [-0.39, 0.29) is 11.9 Å². The number of aryl methyl sites for hydroxylation is 3. The summed E-state index contributed by atoms with van der Waals surface area (Å²) in [6.45, 7) is 7.88. The predicted molar refractivity (Wildman–Crippen MR) is 127 cm³/mol. The van der Waals surface area contributed by atoms with Gasteiger partial charge in [0, 0.05) is 36.2 Å². The molecule has 1 amide bonds. The van der Waals surface area contributed by atoms with Crippen LogP contribution in [0.3, 0.4) is 0 Å². The number of unbranched alkanes of at least 4 members (excludes halogenated alkanes) is 1. The number of H-pyrrole nitrogens is 1. The van der Waals surface area contributed by atoms with E-state index in [1.165, 1.54) is 0 Å². The van der Waals surface area contributed by atoms with E-state index < -0.39 is 0 Å². The van der Waals surface area contributed by atoms with Crippen molar-refractivity contribution in [1.29, 1.82) is 0 Å². The fourth-order valence-electron chi connectivity index (χ4n) is 4.46. The summed E-state index contributed by atoms with van der Waals surface area (Å²) >= 11 is 0. The molecule has 0 bridgehead atoms. The van der Waals surface area contributed by atoms with Gasteiger partial charge in [0.2, 0.25) is 5.91 Å². The van der Waals surface area contributed by atoms with Crippen molar-refractivity contribution in [1.82, 2.24) is 24.6 Å². The molecule has 1 aliphatic heterocycles. The number of nitrogens with one attached hydrogen (secondary N) is 2. The molecule has 2 N–H and O–H groups in total. The lowest BCUT2D eigenvalue weighted by Gasteiger charge is -2.34. The highest BCUT2D eigenvalue weighted by Gasteiger charge is 2.29. The molecular weight excluding hydrogens is 400 g/mol. The van der Waals surface area contributed by atoms with Crippen LogP contribution in [0.4, 0.5) is 5.69 Å². The van der Waals surface area contributed by atoms with Gasteiger partial charge in [0.1, 0.15) is 5.82 Å². The number of carbonyl (C=O) groups excluding carboxylic acids is 1. The van der Waals surface area contributed by atoms with Gasteiger partial charge < -0.3 is 10.3 Å². The van der Waals surface area contributed by atoms with E-state index in [0.29, 0.717) is 0 Å². The van der Waals surface area contributed by atoms with Crippen LogP contribution in [0.25, 0.3) is 5.69 Å². The molecule has 7 nitrogen and oxygen atoms in total. The minimum atomic E-state index is -0.123. The van der Waals surface area contributed by atoms with Crippen molar-refractivity contribution in [3.05, 3.63) is 59.4 Å². The van der Waals surface area contributed by atoms with Crippen LogP contribution in [0.5, 0.6) is 0 Å².